The number of anilines is 1. The van der Waals surface area contributed by atoms with Crippen molar-refractivity contribution in [3.8, 4) is 0 Å². The number of carbonyl (C=O) groups is 1. The molecule has 3 N–H and O–H groups in total. The molecule has 1 amide bonds. The highest BCUT2D eigenvalue weighted by Crippen LogP contribution is 2.18. The van der Waals surface area contributed by atoms with E-state index >= 15 is 0 Å². The zero-order valence-electron chi connectivity index (χ0n) is 17.8. The molecule has 168 valence electrons. The number of rotatable bonds is 5. The minimum atomic E-state index is -0.433. The van der Waals surface area contributed by atoms with E-state index < -0.39 is 5.91 Å². The summed E-state index contributed by atoms with van der Waals surface area (Å²) in [5.41, 5.74) is 7.99. The van der Waals surface area contributed by atoms with E-state index in [4.69, 9.17) is 10.5 Å². The van der Waals surface area contributed by atoms with Crippen LogP contribution in [0.4, 0.5) is 10.2 Å². The number of pyridine rings is 2. The Labute approximate surface area is 188 Å². The number of nitrogen functional groups attached to an aromatic ring is 1. The zero-order chi connectivity index (χ0) is 22.9. The quantitative estimate of drug-likeness (QED) is 0.359. The molecular formula is C24H23FN5O3+. The summed E-state index contributed by atoms with van der Waals surface area (Å²) < 4.78 is 22.1. The SMILES string of the molecule is Nc1c(C(=O)NCc2ccc(F)cc2)cc2c(=O)n3ccccc3nc2[n+]1C[C@H]1CCCO1. The van der Waals surface area contributed by atoms with Gasteiger partial charge in [-0.2, -0.15) is 0 Å². The van der Waals surface area contributed by atoms with Crippen molar-refractivity contribution in [1.82, 2.24) is 14.7 Å². The largest absolute Gasteiger partial charge is 0.375 e. The molecule has 0 bridgehead atoms. The van der Waals surface area contributed by atoms with E-state index in [0.717, 1.165) is 18.4 Å². The maximum Gasteiger partial charge on any atom is 0.278 e. The number of fused-ring (bicyclic) bond motifs is 2. The number of carbonyl (C=O) groups excluding carboxylic acids is 1. The molecule has 1 aromatic carbocycles. The first kappa shape index (κ1) is 21.0. The van der Waals surface area contributed by atoms with Gasteiger partial charge in [0.1, 0.15) is 16.8 Å². The first-order chi connectivity index (χ1) is 16.0. The van der Waals surface area contributed by atoms with Crippen LogP contribution in [-0.2, 0) is 17.8 Å². The van der Waals surface area contributed by atoms with Crippen molar-refractivity contribution in [3.05, 3.63) is 82.0 Å². The number of aromatic nitrogens is 3. The standard InChI is InChI=1S/C24H22FN5O3/c25-16-8-6-15(7-9-16)13-27-23(31)18-12-19-22(28-20-5-1-2-10-29(20)24(19)32)30(21(18)26)14-17-4-3-11-33-17/h1-2,5-10,12,17,26H,3-4,11,13-14H2,(H,27,31)/p+1/t17-/m1/s1. The van der Waals surface area contributed by atoms with Crippen molar-refractivity contribution in [3.63, 3.8) is 0 Å². The lowest BCUT2D eigenvalue weighted by atomic mass is 10.1. The molecule has 5 rings (SSSR count). The van der Waals surface area contributed by atoms with E-state index in [1.165, 1.54) is 22.6 Å². The molecule has 33 heavy (non-hydrogen) atoms. The monoisotopic (exact) mass is 448 g/mol. The number of hydrogen-bond acceptors (Lipinski definition) is 5. The summed E-state index contributed by atoms with van der Waals surface area (Å²) in [4.78, 5) is 31.0. The summed E-state index contributed by atoms with van der Waals surface area (Å²) in [7, 11) is 0. The number of ether oxygens (including phenoxy) is 1. The second-order valence-corrected chi connectivity index (χ2v) is 8.08. The van der Waals surface area contributed by atoms with Crippen LogP contribution < -0.4 is 21.2 Å². The molecule has 1 saturated heterocycles. The molecule has 0 saturated carbocycles. The topological polar surface area (TPSA) is 103 Å². The molecule has 1 fully saturated rings. The van der Waals surface area contributed by atoms with E-state index in [9.17, 15) is 14.0 Å². The number of nitrogens with zero attached hydrogens (tertiary/aromatic N) is 3. The average molecular weight is 448 g/mol. The highest BCUT2D eigenvalue weighted by atomic mass is 19.1. The lowest BCUT2D eigenvalue weighted by molar-refractivity contribution is -0.666. The van der Waals surface area contributed by atoms with Crippen LogP contribution in [0.3, 0.4) is 0 Å². The van der Waals surface area contributed by atoms with Crippen LogP contribution in [0.1, 0.15) is 28.8 Å². The number of amides is 1. The van der Waals surface area contributed by atoms with Gasteiger partial charge in [-0.25, -0.2) is 8.96 Å². The highest BCUT2D eigenvalue weighted by molar-refractivity contribution is 6.00. The minimum absolute atomic E-state index is 0.0750. The number of nitrogens with one attached hydrogen (secondary N) is 1. The molecule has 1 aliphatic rings. The molecule has 3 aromatic heterocycles. The van der Waals surface area contributed by atoms with Gasteiger partial charge in [0.15, 0.2) is 0 Å². The van der Waals surface area contributed by atoms with Crippen LogP contribution in [0.15, 0.2) is 59.5 Å². The number of hydrogen-bond donors (Lipinski definition) is 2. The predicted molar refractivity (Wildman–Crippen MR) is 120 cm³/mol. The van der Waals surface area contributed by atoms with E-state index in [1.54, 1.807) is 41.1 Å². The first-order valence-corrected chi connectivity index (χ1v) is 10.8. The Hall–Kier alpha value is -3.85. The van der Waals surface area contributed by atoms with Gasteiger partial charge in [-0.05, 0) is 48.7 Å². The van der Waals surface area contributed by atoms with Crippen LogP contribution in [0.25, 0.3) is 16.7 Å². The van der Waals surface area contributed by atoms with Crippen molar-refractivity contribution >= 4 is 28.4 Å². The van der Waals surface area contributed by atoms with Crippen LogP contribution >= 0.6 is 0 Å². The van der Waals surface area contributed by atoms with Gasteiger partial charge in [0.05, 0.1) is 12.6 Å². The van der Waals surface area contributed by atoms with Crippen molar-refractivity contribution < 1.29 is 18.5 Å². The first-order valence-electron chi connectivity index (χ1n) is 10.8. The third-order valence-corrected chi connectivity index (χ3v) is 5.88. The Morgan fingerprint density at radius 1 is 1.27 bits per heavy atom. The Bertz CT molecular complexity index is 1410. The third kappa shape index (κ3) is 4.03. The fourth-order valence-corrected chi connectivity index (χ4v) is 4.14. The number of halogens is 1. The van der Waals surface area contributed by atoms with Crippen LogP contribution in [0, 0.1) is 5.82 Å². The van der Waals surface area contributed by atoms with Crippen LogP contribution in [0.5, 0.6) is 0 Å². The Morgan fingerprint density at radius 2 is 2.09 bits per heavy atom. The molecule has 0 radical (unpaired) electrons. The highest BCUT2D eigenvalue weighted by Gasteiger charge is 2.27. The molecule has 8 nitrogen and oxygen atoms in total. The van der Waals surface area contributed by atoms with E-state index in [1.807, 2.05) is 0 Å². The lowest BCUT2D eigenvalue weighted by Gasteiger charge is -2.15. The molecular weight excluding hydrogens is 425 g/mol. The summed E-state index contributed by atoms with van der Waals surface area (Å²) >= 11 is 0. The molecule has 0 spiro atoms. The van der Waals surface area contributed by atoms with Crippen LogP contribution in [0.2, 0.25) is 0 Å². The molecule has 0 aliphatic carbocycles. The van der Waals surface area contributed by atoms with E-state index in [0.29, 0.717) is 24.4 Å². The van der Waals surface area contributed by atoms with Gasteiger partial charge in [0.2, 0.25) is 11.5 Å². The fraction of sp³-hybridized carbons (Fsp3) is 0.250. The summed E-state index contributed by atoms with van der Waals surface area (Å²) in [5, 5.41) is 3.09. The minimum Gasteiger partial charge on any atom is -0.375 e. The zero-order valence-corrected chi connectivity index (χ0v) is 17.8. The molecule has 9 heteroatoms. The van der Waals surface area contributed by atoms with E-state index in [-0.39, 0.29) is 40.8 Å². The second kappa shape index (κ2) is 8.59. The second-order valence-electron chi connectivity index (χ2n) is 8.08. The van der Waals surface area contributed by atoms with Gasteiger partial charge in [0.25, 0.3) is 17.1 Å². The summed E-state index contributed by atoms with van der Waals surface area (Å²) in [5.74, 6) is -0.571. The maximum atomic E-state index is 13.2. The Balaban J connectivity index is 1.60. The lowest BCUT2D eigenvalue weighted by Crippen LogP contribution is -2.46. The van der Waals surface area contributed by atoms with Gasteiger partial charge < -0.3 is 15.8 Å². The van der Waals surface area contributed by atoms with Gasteiger partial charge in [-0.1, -0.05) is 23.2 Å². The predicted octanol–water partition coefficient (Wildman–Crippen LogP) is 1.97. The van der Waals surface area contributed by atoms with Gasteiger partial charge in [-0.3, -0.25) is 14.0 Å². The Morgan fingerprint density at radius 3 is 2.85 bits per heavy atom. The molecule has 1 aliphatic heterocycles. The van der Waals surface area contributed by atoms with Crippen molar-refractivity contribution in [2.24, 2.45) is 0 Å². The normalized spacial score (nSPS) is 15.8. The van der Waals surface area contributed by atoms with Crippen LogP contribution in [-0.4, -0.2) is 28.0 Å². The van der Waals surface area contributed by atoms with Gasteiger partial charge in [-0.15, -0.1) is 0 Å². The Kier molecular flexibility index (Phi) is 5.47. The maximum absolute atomic E-state index is 13.2. The molecule has 4 aromatic rings. The van der Waals surface area contributed by atoms with Crippen molar-refractivity contribution in [2.75, 3.05) is 12.3 Å². The molecule has 4 heterocycles. The van der Waals surface area contributed by atoms with Gasteiger partial charge in [0, 0.05) is 19.3 Å². The van der Waals surface area contributed by atoms with Gasteiger partial charge >= 0.3 is 0 Å². The summed E-state index contributed by atoms with van der Waals surface area (Å²) in [6.07, 6.45) is 3.37. The van der Waals surface area contributed by atoms with Crippen molar-refractivity contribution in [2.45, 2.75) is 32.0 Å². The fourth-order valence-electron chi connectivity index (χ4n) is 4.14. The molecule has 0 unspecified atom stereocenters. The smallest absolute Gasteiger partial charge is 0.278 e. The average Bonchev–Trinajstić information content (AvgIpc) is 3.34. The summed E-state index contributed by atoms with van der Waals surface area (Å²) in [6.45, 7) is 1.24. The summed E-state index contributed by atoms with van der Waals surface area (Å²) in [6, 6.07) is 12.6. The molecule has 1 atom stereocenters. The number of benzene rings is 1. The number of nitrogens with two attached hydrogens (primary N) is 1. The van der Waals surface area contributed by atoms with E-state index in [2.05, 4.69) is 10.3 Å². The van der Waals surface area contributed by atoms with Crippen molar-refractivity contribution in [1.29, 1.82) is 0 Å². The third-order valence-electron chi connectivity index (χ3n) is 5.88.